The van der Waals surface area contributed by atoms with E-state index in [1.54, 1.807) is 0 Å². The average molecular weight is 269 g/mol. The molecular formula is C9H5BrF3N. The lowest BCUT2D eigenvalue weighted by Crippen LogP contribution is -2.08. The van der Waals surface area contributed by atoms with E-state index in [4.69, 9.17) is 12.1 Å². The highest BCUT2D eigenvalue weighted by Crippen LogP contribution is 2.33. The summed E-state index contributed by atoms with van der Waals surface area (Å²) in [5, 5.41) is 8.60. The van der Waals surface area contributed by atoms with Crippen molar-refractivity contribution in [2.45, 2.75) is 12.5 Å². The Morgan fingerprint density at radius 3 is 2.71 bits per heavy atom. The molecule has 0 aliphatic heterocycles. The van der Waals surface area contributed by atoms with Gasteiger partial charge in [0.15, 0.2) is 0 Å². The Balaban J connectivity index is 3.96. The molecule has 0 spiro atoms. The van der Waals surface area contributed by atoms with Gasteiger partial charge in [-0.1, -0.05) is 22.0 Å². The minimum Gasteiger partial charge on any atom is -0.198 e. The van der Waals surface area contributed by atoms with Crippen LogP contribution >= 0.6 is 15.9 Å². The fraction of sp³-hybridized carbons (Fsp3) is 0.222. The Bertz CT molecular complexity index is 579. The Morgan fingerprint density at radius 2 is 2.21 bits per heavy atom. The predicted octanol–water partition coefficient (Wildman–Crippen LogP) is 3.53. The quantitative estimate of drug-likeness (QED) is 0.765. The minimum atomic E-state index is -5.11. The molecule has 0 N–H and O–H groups in total. The van der Waals surface area contributed by atoms with Gasteiger partial charge in [-0.25, -0.2) is 0 Å². The lowest BCUT2D eigenvalue weighted by molar-refractivity contribution is -0.138. The summed E-state index contributed by atoms with van der Waals surface area (Å²) in [6, 6.07) is -1.99. The lowest BCUT2D eigenvalue weighted by atomic mass is 10.1. The number of benzene rings is 1. The summed E-state index contributed by atoms with van der Waals surface area (Å²) in [4.78, 5) is 0. The molecule has 74 valence electrons. The number of nitriles is 1. The molecule has 0 fully saturated rings. The molecule has 1 aromatic rings. The number of halogens is 4. The van der Waals surface area contributed by atoms with Gasteiger partial charge in [0.2, 0.25) is 0 Å². The van der Waals surface area contributed by atoms with E-state index in [9.17, 15) is 13.2 Å². The second-order valence-electron chi connectivity index (χ2n) is 2.17. The summed E-state index contributed by atoms with van der Waals surface area (Å²) in [5.41, 5.74) is -3.02. The fourth-order valence-corrected chi connectivity index (χ4v) is 1.04. The van der Waals surface area contributed by atoms with Crippen molar-refractivity contribution in [3.63, 3.8) is 0 Å². The maximum atomic E-state index is 12.9. The molecule has 0 aliphatic rings. The molecule has 0 radical (unpaired) electrons. The highest BCUT2D eigenvalue weighted by atomic mass is 79.9. The van der Waals surface area contributed by atoms with E-state index in [0.717, 1.165) is 6.07 Å². The molecule has 1 aromatic carbocycles. The summed E-state index contributed by atoms with van der Waals surface area (Å²) in [7, 11) is 0. The first kappa shape index (κ1) is 5.76. The molecule has 14 heavy (non-hydrogen) atoms. The van der Waals surface area contributed by atoms with Crippen LogP contribution in [0.2, 0.25) is 0 Å². The molecular weight excluding hydrogens is 259 g/mol. The third-order valence-electron chi connectivity index (χ3n) is 1.25. The summed E-state index contributed by atoms with van der Waals surface area (Å²) in [6.45, 7) is 0. The number of hydrogen-bond donors (Lipinski definition) is 0. The van der Waals surface area contributed by atoms with Crippen molar-refractivity contribution in [1.29, 1.82) is 5.26 Å². The molecule has 0 unspecified atom stereocenters. The summed E-state index contributed by atoms with van der Waals surface area (Å²) in [5.74, 6) is 0. The molecule has 1 nitrogen and oxygen atoms in total. The highest BCUT2D eigenvalue weighted by Gasteiger charge is 2.33. The van der Waals surface area contributed by atoms with E-state index in [1.807, 2.05) is 0 Å². The molecule has 0 aromatic heterocycles. The maximum Gasteiger partial charge on any atom is 0.416 e. The van der Waals surface area contributed by atoms with Crippen LogP contribution in [0.4, 0.5) is 13.2 Å². The van der Waals surface area contributed by atoms with Crippen LogP contribution in [0.5, 0.6) is 0 Å². The van der Waals surface area contributed by atoms with Crippen molar-refractivity contribution in [2.24, 2.45) is 0 Å². The van der Waals surface area contributed by atoms with Gasteiger partial charge in [0.25, 0.3) is 0 Å². The first-order valence-electron chi connectivity index (χ1n) is 5.73. The first-order valence-corrected chi connectivity index (χ1v) is 4.02. The van der Waals surface area contributed by atoms with Gasteiger partial charge in [0, 0.05) is 7.21 Å². The number of rotatable bonds is 1. The second-order valence-corrected chi connectivity index (χ2v) is 2.97. The topological polar surface area (TPSA) is 23.8 Å². The normalized spacial score (nSPS) is 17.2. The van der Waals surface area contributed by atoms with E-state index in [2.05, 4.69) is 15.9 Å². The first-order chi connectivity index (χ1) is 8.45. The van der Waals surface area contributed by atoms with Crippen LogP contribution in [0.3, 0.4) is 0 Å². The molecule has 0 aliphatic carbocycles. The molecule has 0 saturated heterocycles. The van der Waals surface area contributed by atoms with Crippen LogP contribution in [-0.4, -0.2) is 0 Å². The highest BCUT2D eigenvalue weighted by molar-refractivity contribution is 9.10. The van der Waals surface area contributed by atoms with Gasteiger partial charge in [0.05, 0.1) is 22.1 Å². The predicted molar refractivity (Wildman–Crippen MR) is 48.5 cm³/mol. The molecule has 0 amide bonds. The summed E-state index contributed by atoms with van der Waals surface area (Å²) < 4.78 is 74.8. The molecule has 0 saturated carbocycles. The molecule has 5 heteroatoms. The zero-order valence-electron chi connectivity index (χ0n) is 11.5. The van der Waals surface area contributed by atoms with Crippen molar-refractivity contribution in [3.05, 3.63) is 33.7 Å². The molecule has 0 bridgehead atoms. The van der Waals surface area contributed by atoms with Crippen LogP contribution in [-0.2, 0) is 12.5 Å². The number of nitrogens with zero attached hydrogens (tertiary/aromatic N) is 1. The van der Waals surface area contributed by atoms with E-state index in [-0.39, 0.29) is 0 Å². The van der Waals surface area contributed by atoms with Gasteiger partial charge in [-0.2, -0.15) is 18.4 Å². The van der Waals surface area contributed by atoms with Crippen molar-refractivity contribution < 1.29 is 20.0 Å². The Kier molecular flexibility index (Phi) is 1.65. The van der Waals surface area contributed by atoms with Gasteiger partial charge in [-0.3, -0.25) is 0 Å². The zero-order valence-corrected chi connectivity index (χ0v) is 8.05. The van der Waals surface area contributed by atoms with Gasteiger partial charge < -0.3 is 0 Å². The summed E-state index contributed by atoms with van der Waals surface area (Å²) in [6.07, 6.45) is -8.23. The maximum absolute atomic E-state index is 12.9. The fourth-order valence-electron chi connectivity index (χ4n) is 0.746. The Hall–Kier alpha value is -1.02. The average Bonchev–Trinajstić information content (AvgIpc) is 2.28. The standard InChI is InChI=1S/C9H5BrF3N/c10-7-2-1-6(3-4-14)8(5-7)9(11,12)13/h1-2,5H,3H2/i1D,2D,3D2,5D. The third kappa shape index (κ3) is 2.48. The smallest absolute Gasteiger partial charge is 0.198 e. The van der Waals surface area contributed by atoms with Gasteiger partial charge >= 0.3 is 6.18 Å². The van der Waals surface area contributed by atoms with E-state index in [0.29, 0.717) is 0 Å². The molecule has 1 rings (SSSR count). The van der Waals surface area contributed by atoms with Crippen molar-refractivity contribution in [1.82, 2.24) is 0 Å². The van der Waals surface area contributed by atoms with Crippen LogP contribution < -0.4 is 0 Å². The van der Waals surface area contributed by atoms with Gasteiger partial charge in [-0.15, -0.1) is 0 Å². The van der Waals surface area contributed by atoms with Crippen molar-refractivity contribution >= 4 is 15.9 Å². The monoisotopic (exact) mass is 268 g/mol. The third-order valence-corrected chi connectivity index (χ3v) is 1.64. The second kappa shape index (κ2) is 4.01. The van der Waals surface area contributed by atoms with Crippen LogP contribution in [0.1, 0.15) is 18.0 Å². The van der Waals surface area contributed by atoms with E-state index in [1.165, 1.54) is 0 Å². The lowest BCUT2D eigenvalue weighted by Gasteiger charge is -2.10. The van der Waals surface area contributed by atoms with Gasteiger partial charge in [-0.05, 0) is 17.6 Å². The van der Waals surface area contributed by atoms with Crippen LogP contribution in [0.15, 0.2) is 22.6 Å². The largest absolute Gasteiger partial charge is 0.416 e. The van der Waals surface area contributed by atoms with Gasteiger partial charge in [0.1, 0.15) is 0 Å². The van der Waals surface area contributed by atoms with Crippen molar-refractivity contribution in [2.75, 3.05) is 0 Å². The SMILES string of the molecule is [2H]c1c([2H])c(C([2H])([2H])C#N)c(C(F)(F)F)c([2H])c1Br. The molecule has 0 heterocycles. The minimum absolute atomic E-state index is 0.567. The number of hydrogen-bond acceptors (Lipinski definition) is 1. The zero-order chi connectivity index (χ0) is 15.2. The summed E-state index contributed by atoms with van der Waals surface area (Å²) >= 11 is 2.60. The number of alkyl halides is 3. The van der Waals surface area contributed by atoms with E-state index >= 15 is 0 Å². The molecule has 0 atom stereocenters. The van der Waals surface area contributed by atoms with Crippen LogP contribution in [0.25, 0.3) is 0 Å². The van der Waals surface area contributed by atoms with Crippen LogP contribution in [0, 0.1) is 11.3 Å². The Morgan fingerprint density at radius 1 is 1.57 bits per heavy atom. The Labute approximate surface area is 94.3 Å². The van der Waals surface area contributed by atoms with E-state index < -0.39 is 46.3 Å². The van der Waals surface area contributed by atoms with Crippen molar-refractivity contribution in [3.8, 4) is 6.07 Å².